The van der Waals surface area contributed by atoms with E-state index in [1.807, 2.05) is 0 Å². The SMILES string of the molecule is CC1CN(CCCO)c2ccccc21. The molecule has 1 atom stereocenters. The number of hydrogen-bond donors (Lipinski definition) is 1. The van der Waals surface area contributed by atoms with E-state index in [4.69, 9.17) is 5.11 Å². The van der Waals surface area contributed by atoms with E-state index >= 15 is 0 Å². The van der Waals surface area contributed by atoms with Crippen LogP contribution in [0.4, 0.5) is 5.69 Å². The third-order valence-corrected chi connectivity index (χ3v) is 2.89. The molecule has 2 rings (SSSR count). The summed E-state index contributed by atoms with van der Waals surface area (Å²) < 4.78 is 0. The minimum atomic E-state index is 0.285. The lowest BCUT2D eigenvalue weighted by molar-refractivity contribution is 0.289. The maximum absolute atomic E-state index is 8.81. The quantitative estimate of drug-likeness (QED) is 0.789. The Kier molecular flexibility index (Phi) is 2.73. The minimum Gasteiger partial charge on any atom is -0.396 e. The Bertz CT molecular complexity index is 311. The highest BCUT2D eigenvalue weighted by molar-refractivity contribution is 5.59. The summed E-state index contributed by atoms with van der Waals surface area (Å²) in [6.45, 7) is 4.61. The van der Waals surface area contributed by atoms with Crippen LogP contribution >= 0.6 is 0 Å². The van der Waals surface area contributed by atoms with Crippen molar-refractivity contribution in [3.05, 3.63) is 29.8 Å². The molecule has 1 aromatic rings. The van der Waals surface area contributed by atoms with Crippen molar-refractivity contribution in [1.29, 1.82) is 0 Å². The first-order valence-electron chi connectivity index (χ1n) is 5.27. The van der Waals surface area contributed by atoms with E-state index in [-0.39, 0.29) is 6.61 Å². The van der Waals surface area contributed by atoms with E-state index < -0.39 is 0 Å². The number of aliphatic hydroxyl groups is 1. The van der Waals surface area contributed by atoms with Crippen LogP contribution in [0, 0.1) is 0 Å². The van der Waals surface area contributed by atoms with Crippen LogP contribution in [0.2, 0.25) is 0 Å². The lowest BCUT2D eigenvalue weighted by atomic mass is 10.0. The van der Waals surface area contributed by atoms with Crippen molar-refractivity contribution in [2.75, 3.05) is 24.6 Å². The fraction of sp³-hybridized carbons (Fsp3) is 0.500. The van der Waals surface area contributed by atoms with Crippen molar-refractivity contribution in [1.82, 2.24) is 0 Å². The molecule has 2 heteroatoms. The normalized spacial score (nSPS) is 19.9. The number of para-hydroxylation sites is 1. The van der Waals surface area contributed by atoms with Gasteiger partial charge in [0.1, 0.15) is 0 Å². The molecule has 0 amide bonds. The molecule has 0 radical (unpaired) electrons. The number of anilines is 1. The zero-order valence-corrected chi connectivity index (χ0v) is 8.61. The lowest BCUT2D eigenvalue weighted by Gasteiger charge is -2.18. The van der Waals surface area contributed by atoms with Crippen LogP contribution in [0.3, 0.4) is 0 Å². The Hall–Kier alpha value is -1.02. The molecule has 0 bridgehead atoms. The summed E-state index contributed by atoms with van der Waals surface area (Å²) in [6.07, 6.45) is 0.862. The van der Waals surface area contributed by atoms with Gasteiger partial charge in [-0.3, -0.25) is 0 Å². The number of rotatable bonds is 3. The van der Waals surface area contributed by atoms with E-state index in [1.165, 1.54) is 11.3 Å². The molecular weight excluding hydrogens is 174 g/mol. The zero-order chi connectivity index (χ0) is 9.97. The van der Waals surface area contributed by atoms with Gasteiger partial charge in [-0.2, -0.15) is 0 Å². The van der Waals surface area contributed by atoms with Gasteiger partial charge in [-0.25, -0.2) is 0 Å². The first-order valence-corrected chi connectivity index (χ1v) is 5.27. The van der Waals surface area contributed by atoms with Gasteiger partial charge in [0.2, 0.25) is 0 Å². The lowest BCUT2D eigenvalue weighted by Crippen LogP contribution is -2.23. The zero-order valence-electron chi connectivity index (χ0n) is 8.61. The molecule has 14 heavy (non-hydrogen) atoms. The van der Waals surface area contributed by atoms with Crippen molar-refractivity contribution in [2.24, 2.45) is 0 Å². The fourth-order valence-corrected chi connectivity index (χ4v) is 2.19. The van der Waals surface area contributed by atoms with Gasteiger partial charge in [0.15, 0.2) is 0 Å². The molecule has 0 aromatic heterocycles. The van der Waals surface area contributed by atoms with E-state index in [0.29, 0.717) is 5.92 Å². The Morgan fingerprint density at radius 1 is 1.43 bits per heavy atom. The molecule has 1 unspecified atom stereocenters. The molecule has 1 N–H and O–H groups in total. The van der Waals surface area contributed by atoms with E-state index in [1.54, 1.807) is 0 Å². The van der Waals surface area contributed by atoms with Crippen molar-refractivity contribution in [2.45, 2.75) is 19.3 Å². The number of fused-ring (bicyclic) bond motifs is 1. The third kappa shape index (κ3) is 1.62. The highest BCUT2D eigenvalue weighted by atomic mass is 16.3. The summed E-state index contributed by atoms with van der Waals surface area (Å²) in [4.78, 5) is 2.37. The Morgan fingerprint density at radius 3 is 3.00 bits per heavy atom. The monoisotopic (exact) mass is 191 g/mol. The first-order chi connectivity index (χ1) is 6.83. The van der Waals surface area contributed by atoms with Crippen LogP contribution in [0.25, 0.3) is 0 Å². The largest absolute Gasteiger partial charge is 0.396 e. The number of nitrogens with zero attached hydrogens (tertiary/aromatic N) is 1. The van der Waals surface area contributed by atoms with Gasteiger partial charge in [-0.1, -0.05) is 25.1 Å². The molecule has 2 nitrogen and oxygen atoms in total. The molecular formula is C12H17NO. The molecule has 0 aliphatic carbocycles. The topological polar surface area (TPSA) is 23.5 Å². The van der Waals surface area contributed by atoms with Crippen molar-refractivity contribution in [3.63, 3.8) is 0 Å². The summed E-state index contributed by atoms with van der Waals surface area (Å²) in [5, 5.41) is 8.81. The molecule has 0 spiro atoms. The minimum absolute atomic E-state index is 0.285. The summed E-state index contributed by atoms with van der Waals surface area (Å²) in [6, 6.07) is 8.57. The van der Waals surface area contributed by atoms with Gasteiger partial charge in [0, 0.05) is 31.3 Å². The van der Waals surface area contributed by atoms with Gasteiger partial charge < -0.3 is 10.0 Å². The van der Waals surface area contributed by atoms with Gasteiger partial charge in [-0.05, 0) is 18.1 Å². The van der Waals surface area contributed by atoms with Crippen molar-refractivity contribution < 1.29 is 5.11 Å². The van der Waals surface area contributed by atoms with Crippen LogP contribution in [0.1, 0.15) is 24.8 Å². The third-order valence-electron chi connectivity index (χ3n) is 2.89. The van der Waals surface area contributed by atoms with E-state index in [9.17, 15) is 0 Å². The van der Waals surface area contributed by atoms with Crippen LogP contribution < -0.4 is 4.90 Å². The van der Waals surface area contributed by atoms with Gasteiger partial charge in [0.05, 0.1) is 0 Å². The molecule has 1 heterocycles. The summed E-state index contributed by atoms with van der Waals surface area (Å²) in [7, 11) is 0. The number of hydrogen-bond acceptors (Lipinski definition) is 2. The molecule has 76 valence electrons. The summed E-state index contributed by atoms with van der Waals surface area (Å²) >= 11 is 0. The van der Waals surface area contributed by atoms with Crippen LogP contribution in [0.15, 0.2) is 24.3 Å². The van der Waals surface area contributed by atoms with E-state index in [2.05, 4.69) is 36.1 Å². The molecule has 0 fully saturated rings. The smallest absolute Gasteiger partial charge is 0.0447 e. The highest BCUT2D eigenvalue weighted by Crippen LogP contribution is 2.35. The second-order valence-electron chi connectivity index (χ2n) is 3.98. The molecule has 1 aliphatic heterocycles. The Labute approximate surface area is 85.2 Å². The van der Waals surface area contributed by atoms with Crippen molar-refractivity contribution >= 4 is 5.69 Å². The Balaban J connectivity index is 2.17. The Morgan fingerprint density at radius 2 is 2.21 bits per heavy atom. The predicted octanol–water partition coefficient (Wildman–Crippen LogP) is 1.99. The van der Waals surface area contributed by atoms with Crippen LogP contribution in [0.5, 0.6) is 0 Å². The van der Waals surface area contributed by atoms with E-state index in [0.717, 1.165) is 19.5 Å². The fourth-order valence-electron chi connectivity index (χ4n) is 2.19. The highest BCUT2D eigenvalue weighted by Gasteiger charge is 2.23. The molecule has 0 saturated heterocycles. The maximum atomic E-state index is 8.81. The van der Waals surface area contributed by atoms with Crippen LogP contribution in [-0.2, 0) is 0 Å². The standard InChI is InChI=1S/C12H17NO/c1-10-9-13(7-4-8-14)12-6-3-2-5-11(10)12/h2-3,5-6,10,14H,4,7-9H2,1H3. The van der Waals surface area contributed by atoms with Crippen LogP contribution in [-0.4, -0.2) is 24.8 Å². The molecule has 1 aromatic carbocycles. The summed E-state index contributed by atoms with van der Waals surface area (Å²) in [5.41, 5.74) is 2.80. The summed E-state index contributed by atoms with van der Waals surface area (Å²) in [5.74, 6) is 0.630. The predicted molar refractivity (Wildman–Crippen MR) is 58.8 cm³/mol. The average molecular weight is 191 g/mol. The number of benzene rings is 1. The molecule has 1 aliphatic rings. The maximum Gasteiger partial charge on any atom is 0.0447 e. The second kappa shape index (κ2) is 4.01. The van der Waals surface area contributed by atoms with Crippen molar-refractivity contribution in [3.8, 4) is 0 Å². The van der Waals surface area contributed by atoms with Gasteiger partial charge in [0.25, 0.3) is 0 Å². The van der Waals surface area contributed by atoms with Gasteiger partial charge >= 0.3 is 0 Å². The molecule has 0 saturated carbocycles. The first kappa shape index (κ1) is 9.53. The number of aliphatic hydroxyl groups excluding tert-OH is 1. The second-order valence-corrected chi connectivity index (χ2v) is 3.98. The van der Waals surface area contributed by atoms with Gasteiger partial charge in [-0.15, -0.1) is 0 Å². The average Bonchev–Trinajstić information content (AvgIpc) is 2.54.